The van der Waals surface area contributed by atoms with Crippen molar-refractivity contribution < 1.29 is 4.74 Å². The molecule has 0 atom stereocenters. The average Bonchev–Trinajstić information content (AvgIpc) is 2.23. The van der Waals surface area contributed by atoms with Gasteiger partial charge in [-0.05, 0) is 24.6 Å². The molecule has 0 saturated carbocycles. The molecule has 0 spiro atoms. The molecule has 1 rings (SSSR count). The molecule has 16 heavy (non-hydrogen) atoms. The summed E-state index contributed by atoms with van der Waals surface area (Å²) in [6.07, 6.45) is 0. The van der Waals surface area contributed by atoms with Crippen LogP contribution in [0, 0.1) is 0 Å². The van der Waals surface area contributed by atoms with Gasteiger partial charge in [-0.2, -0.15) is 11.8 Å². The highest BCUT2D eigenvalue weighted by Gasteiger charge is 2.02. The second-order valence-electron chi connectivity index (χ2n) is 3.04. The van der Waals surface area contributed by atoms with E-state index in [1.54, 1.807) is 0 Å². The SMILES string of the molecule is CCOc1ccc(CSCCN)cc1Cl.Cl. The molecule has 0 aliphatic rings. The largest absolute Gasteiger partial charge is 0.492 e. The van der Waals surface area contributed by atoms with Gasteiger partial charge in [-0.25, -0.2) is 0 Å². The van der Waals surface area contributed by atoms with Crippen LogP contribution in [-0.2, 0) is 5.75 Å². The van der Waals surface area contributed by atoms with E-state index in [0.29, 0.717) is 11.6 Å². The van der Waals surface area contributed by atoms with Crippen molar-refractivity contribution in [1.29, 1.82) is 0 Å². The van der Waals surface area contributed by atoms with Gasteiger partial charge in [-0.1, -0.05) is 17.7 Å². The Hall–Kier alpha value is -0.0900. The fraction of sp³-hybridized carbons (Fsp3) is 0.455. The molecule has 92 valence electrons. The van der Waals surface area contributed by atoms with Crippen LogP contribution in [0.1, 0.15) is 12.5 Å². The Morgan fingerprint density at radius 3 is 2.75 bits per heavy atom. The van der Waals surface area contributed by atoms with Crippen molar-refractivity contribution in [1.82, 2.24) is 0 Å². The zero-order chi connectivity index (χ0) is 11.1. The third-order valence-electron chi connectivity index (χ3n) is 1.83. The van der Waals surface area contributed by atoms with Crippen LogP contribution in [0.15, 0.2) is 18.2 Å². The van der Waals surface area contributed by atoms with Gasteiger partial charge in [0.1, 0.15) is 5.75 Å². The molecule has 0 heterocycles. The number of ether oxygens (including phenoxy) is 1. The number of hydrogen-bond donors (Lipinski definition) is 1. The number of hydrogen-bond acceptors (Lipinski definition) is 3. The third kappa shape index (κ3) is 5.30. The Morgan fingerprint density at radius 2 is 2.19 bits per heavy atom. The quantitative estimate of drug-likeness (QED) is 0.813. The second kappa shape index (κ2) is 8.99. The highest BCUT2D eigenvalue weighted by molar-refractivity contribution is 7.98. The third-order valence-corrected chi connectivity index (χ3v) is 3.18. The molecule has 0 saturated heterocycles. The summed E-state index contributed by atoms with van der Waals surface area (Å²) in [5.41, 5.74) is 6.63. The summed E-state index contributed by atoms with van der Waals surface area (Å²) >= 11 is 7.87. The molecule has 2 N–H and O–H groups in total. The summed E-state index contributed by atoms with van der Waals surface area (Å²) in [5, 5.41) is 0.683. The van der Waals surface area contributed by atoms with Gasteiger partial charge in [-0.15, -0.1) is 12.4 Å². The highest BCUT2D eigenvalue weighted by Crippen LogP contribution is 2.26. The minimum absolute atomic E-state index is 0. The predicted molar refractivity (Wildman–Crippen MR) is 75.1 cm³/mol. The average molecular weight is 282 g/mol. The maximum Gasteiger partial charge on any atom is 0.137 e. The molecule has 0 aromatic heterocycles. The van der Waals surface area contributed by atoms with Crippen molar-refractivity contribution in [2.45, 2.75) is 12.7 Å². The summed E-state index contributed by atoms with van der Waals surface area (Å²) in [7, 11) is 0. The molecule has 5 heteroatoms. The molecule has 0 amide bonds. The number of nitrogens with two attached hydrogens (primary N) is 1. The van der Waals surface area contributed by atoms with E-state index >= 15 is 0 Å². The van der Waals surface area contributed by atoms with Crippen molar-refractivity contribution in [3.8, 4) is 5.75 Å². The minimum Gasteiger partial charge on any atom is -0.492 e. The lowest BCUT2D eigenvalue weighted by Gasteiger charge is -2.07. The van der Waals surface area contributed by atoms with E-state index in [1.165, 1.54) is 5.56 Å². The first-order valence-corrected chi connectivity index (χ1v) is 6.50. The van der Waals surface area contributed by atoms with Crippen molar-refractivity contribution in [3.63, 3.8) is 0 Å². The van der Waals surface area contributed by atoms with Crippen LogP contribution in [0.3, 0.4) is 0 Å². The summed E-state index contributed by atoms with van der Waals surface area (Å²) in [6.45, 7) is 3.30. The van der Waals surface area contributed by atoms with Gasteiger partial charge in [0.05, 0.1) is 11.6 Å². The first-order chi connectivity index (χ1) is 7.27. The van der Waals surface area contributed by atoms with Crippen LogP contribution in [0.5, 0.6) is 5.75 Å². The van der Waals surface area contributed by atoms with Crippen LogP contribution >= 0.6 is 35.8 Å². The number of halogens is 2. The lowest BCUT2D eigenvalue weighted by molar-refractivity contribution is 0.340. The van der Waals surface area contributed by atoms with Gasteiger partial charge < -0.3 is 10.5 Å². The Bertz CT molecular complexity index is 310. The summed E-state index contributed by atoms with van der Waals surface area (Å²) in [5.74, 6) is 2.68. The fourth-order valence-electron chi connectivity index (χ4n) is 1.18. The molecule has 0 unspecified atom stereocenters. The predicted octanol–water partition coefficient (Wildman–Crippen LogP) is 3.35. The zero-order valence-corrected chi connectivity index (χ0v) is 11.6. The zero-order valence-electron chi connectivity index (χ0n) is 9.24. The molecular weight excluding hydrogens is 265 g/mol. The van der Waals surface area contributed by atoms with Gasteiger partial charge in [-0.3, -0.25) is 0 Å². The van der Waals surface area contributed by atoms with Crippen LogP contribution < -0.4 is 10.5 Å². The Kier molecular flexibility index (Phi) is 8.94. The lowest BCUT2D eigenvalue weighted by atomic mass is 10.2. The van der Waals surface area contributed by atoms with Crippen LogP contribution in [0.2, 0.25) is 5.02 Å². The van der Waals surface area contributed by atoms with Gasteiger partial charge in [0.15, 0.2) is 0 Å². The topological polar surface area (TPSA) is 35.2 Å². The summed E-state index contributed by atoms with van der Waals surface area (Å²) < 4.78 is 5.36. The van der Waals surface area contributed by atoms with Crippen molar-refractivity contribution in [3.05, 3.63) is 28.8 Å². The highest BCUT2D eigenvalue weighted by atomic mass is 35.5. The molecule has 1 aromatic rings. The first-order valence-electron chi connectivity index (χ1n) is 4.97. The van der Waals surface area contributed by atoms with E-state index in [-0.39, 0.29) is 12.4 Å². The minimum atomic E-state index is 0. The smallest absolute Gasteiger partial charge is 0.137 e. The van der Waals surface area contributed by atoms with E-state index in [0.717, 1.165) is 23.8 Å². The Morgan fingerprint density at radius 1 is 1.44 bits per heavy atom. The van der Waals surface area contributed by atoms with E-state index in [4.69, 9.17) is 22.1 Å². The van der Waals surface area contributed by atoms with E-state index in [9.17, 15) is 0 Å². The Labute approximate surface area is 112 Å². The maximum atomic E-state index is 6.06. The van der Waals surface area contributed by atoms with Crippen LogP contribution in [0.25, 0.3) is 0 Å². The van der Waals surface area contributed by atoms with Gasteiger partial charge >= 0.3 is 0 Å². The molecular formula is C11H17Cl2NOS. The normalized spacial score (nSPS) is 9.69. The summed E-state index contributed by atoms with van der Waals surface area (Å²) in [4.78, 5) is 0. The van der Waals surface area contributed by atoms with E-state index < -0.39 is 0 Å². The van der Waals surface area contributed by atoms with Gasteiger partial charge in [0.25, 0.3) is 0 Å². The van der Waals surface area contributed by atoms with Crippen molar-refractivity contribution in [2.24, 2.45) is 5.73 Å². The molecule has 0 fully saturated rings. The molecule has 0 aliphatic carbocycles. The van der Waals surface area contributed by atoms with Gasteiger partial charge in [0.2, 0.25) is 0 Å². The molecule has 2 nitrogen and oxygen atoms in total. The molecule has 1 aromatic carbocycles. The number of benzene rings is 1. The first kappa shape index (κ1) is 15.9. The van der Waals surface area contributed by atoms with Crippen molar-refractivity contribution >= 4 is 35.8 Å². The Balaban J connectivity index is 0.00000225. The second-order valence-corrected chi connectivity index (χ2v) is 4.55. The molecule has 0 bridgehead atoms. The molecule has 0 aliphatic heterocycles. The number of thioether (sulfide) groups is 1. The molecule has 0 radical (unpaired) electrons. The monoisotopic (exact) mass is 281 g/mol. The lowest BCUT2D eigenvalue weighted by Crippen LogP contribution is -2.01. The standard InChI is InChI=1S/C11H16ClNOS.ClH/c1-2-14-11-4-3-9(7-10(11)12)8-15-6-5-13;/h3-4,7H,2,5-6,8,13H2,1H3;1H. The van der Waals surface area contributed by atoms with Crippen molar-refractivity contribution in [2.75, 3.05) is 18.9 Å². The summed E-state index contributed by atoms with van der Waals surface area (Å²) in [6, 6.07) is 5.92. The fourth-order valence-corrected chi connectivity index (χ4v) is 2.16. The van der Waals surface area contributed by atoms with Crippen LogP contribution in [-0.4, -0.2) is 18.9 Å². The van der Waals surface area contributed by atoms with E-state index in [2.05, 4.69) is 0 Å². The number of rotatable bonds is 6. The van der Waals surface area contributed by atoms with Gasteiger partial charge in [0, 0.05) is 18.1 Å². The van der Waals surface area contributed by atoms with Crippen LogP contribution in [0.4, 0.5) is 0 Å². The maximum absolute atomic E-state index is 6.06. The van der Waals surface area contributed by atoms with E-state index in [1.807, 2.05) is 36.9 Å².